The Balaban J connectivity index is 1.66. The Morgan fingerprint density at radius 2 is 1.30 bits per heavy atom. The number of amides is 2. The Hall–Kier alpha value is -3.28. The third-order valence-electron chi connectivity index (χ3n) is 5.64. The lowest BCUT2D eigenvalue weighted by Gasteiger charge is -2.31. The molecule has 0 spiro atoms. The molecule has 0 bridgehead atoms. The normalized spacial score (nSPS) is 15.1. The van der Waals surface area contributed by atoms with Crippen molar-refractivity contribution in [3.05, 3.63) is 70.8 Å². The Labute approximate surface area is 176 Å². The summed E-state index contributed by atoms with van der Waals surface area (Å²) in [6.07, 6.45) is 6.93. The van der Waals surface area contributed by atoms with Gasteiger partial charge in [-0.15, -0.1) is 0 Å². The van der Waals surface area contributed by atoms with E-state index in [1.165, 1.54) is 6.42 Å². The second-order valence-electron chi connectivity index (χ2n) is 7.67. The molecule has 0 aliphatic heterocycles. The predicted molar refractivity (Wildman–Crippen MR) is 114 cm³/mol. The van der Waals surface area contributed by atoms with Crippen LogP contribution in [0.5, 0.6) is 0 Å². The summed E-state index contributed by atoms with van der Waals surface area (Å²) >= 11 is 0. The van der Waals surface area contributed by atoms with Gasteiger partial charge in [-0.1, -0.05) is 43.5 Å². The SMILES string of the molecule is O=Cc1ccc(C(=O)NCC(NC(=O)c2ccc(C=O)cc2)C2CCCCC2)cc1. The highest BCUT2D eigenvalue weighted by atomic mass is 16.2. The van der Waals surface area contributed by atoms with Gasteiger partial charge in [-0.3, -0.25) is 19.2 Å². The number of benzene rings is 2. The van der Waals surface area contributed by atoms with Gasteiger partial charge >= 0.3 is 0 Å². The molecule has 2 N–H and O–H groups in total. The highest BCUT2D eigenvalue weighted by molar-refractivity contribution is 5.96. The van der Waals surface area contributed by atoms with Crippen molar-refractivity contribution in [3.8, 4) is 0 Å². The van der Waals surface area contributed by atoms with E-state index in [1.54, 1.807) is 48.5 Å². The number of hydrogen-bond acceptors (Lipinski definition) is 4. The molecule has 1 aliphatic rings. The summed E-state index contributed by atoms with van der Waals surface area (Å²) in [6.45, 7) is 0.330. The van der Waals surface area contributed by atoms with E-state index in [2.05, 4.69) is 10.6 Å². The van der Waals surface area contributed by atoms with Gasteiger partial charge in [0.2, 0.25) is 0 Å². The van der Waals surface area contributed by atoms with E-state index < -0.39 is 0 Å². The molecule has 2 aromatic carbocycles. The van der Waals surface area contributed by atoms with Crippen molar-refractivity contribution in [1.82, 2.24) is 10.6 Å². The van der Waals surface area contributed by atoms with E-state index in [0.717, 1.165) is 38.3 Å². The van der Waals surface area contributed by atoms with Crippen LogP contribution in [0, 0.1) is 5.92 Å². The molecule has 1 aliphatic carbocycles. The highest BCUT2D eigenvalue weighted by Crippen LogP contribution is 2.26. The zero-order valence-corrected chi connectivity index (χ0v) is 16.8. The van der Waals surface area contributed by atoms with E-state index >= 15 is 0 Å². The fourth-order valence-electron chi connectivity index (χ4n) is 3.85. The number of rotatable bonds is 8. The van der Waals surface area contributed by atoms with Crippen LogP contribution in [0.15, 0.2) is 48.5 Å². The maximum Gasteiger partial charge on any atom is 0.251 e. The number of carbonyl (C=O) groups excluding carboxylic acids is 4. The molecule has 3 rings (SSSR count). The van der Waals surface area contributed by atoms with Crippen molar-refractivity contribution in [2.75, 3.05) is 6.54 Å². The lowest BCUT2D eigenvalue weighted by molar-refractivity contribution is 0.0882. The van der Waals surface area contributed by atoms with Gasteiger partial charge in [0, 0.05) is 34.8 Å². The number of nitrogens with one attached hydrogen (secondary N) is 2. The molecule has 30 heavy (non-hydrogen) atoms. The number of carbonyl (C=O) groups is 4. The minimum absolute atomic E-state index is 0.179. The second-order valence-corrected chi connectivity index (χ2v) is 7.67. The molecular weight excluding hydrogens is 380 g/mol. The standard InChI is InChI=1S/C24H26N2O4/c27-15-17-6-10-20(11-7-17)23(29)25-14-22(19-4-2-1-3-5-19)26-24(30)21-12-8-18(16-28)9-13-21/h6-13,15-16,19,22H,1-5,14H2,(H,25,29)(H,26,30). The van der Waals surface area contributed by atoms with Crippen LogP contribution in [0.2, 0.25) is 0 Å². The van der Waals surface area contributed by atoms with Gasteiger partial charge in [0.15, 0.2) is 0 Å². The Bertz CT molecular complexity index is 884. The van der Waals surface area contributed by atoms with Crippen LogP contribution in [0.4, 0.5) is 0 Å². The molecule has 1 fully saturated rings. The fourth-order valence-corrected chi connectivity index (χ4v) is 3.85. The average Bonchev–Trinajstić information content (AvgIpc) is 2.82. The first-order chi connectivity index (χ1) is 14.6. The van der Waals surface area contributed by atoms with Gasteiger partial charge in [0.25, 0.3) is 11.8 Å². The summed E-state index contributed by atoms with van der Waals surface area (Å²) in [5.41, 5.74) is 1.98. The average molecular weight is 406 g/mol. The maximum absolute atomic E-state index is 12.7. The molecule has 6 heteroatoms. The second kappa shape index (κ2) is 10.5. The van der Waals surface area contributed by atoms with E-state index in [1.807, 2.05) is 0 Å². The molecule has 1 saturated carbocycles. The first-order valence-corrected chi connectivity index (χ1v) is 10.3. The molecular formula is C24H26N2O4. The Morgan fingerprint density at radius 1 is 0.800 bits per heavy atom. The summed E-state index contributed by atoms with van der Waals surface area (Å²) in [6, 6.07) is 12.7. The monoisotopic (exact) mass is 406 g/mol. The molecule has 2 amide bonds. The summed E-state index contributed by atoms with van der Waals surface area (Å²) in [5.74, 6) is -0.153. The lowest BCUT2D eigenvalue weighted by Crippen LogP contribution is -2.48. The topological polar surface area (TPSA) is 92.3 Å². The van der Waals surface area contributed by atoms with Gasteiger partial charge < -0.3 is 10.6 Å². The Kier molecular flexibility index (Phi) is 7.49. The minimum Gasteiger partial charge on any atom is -0.350 e. The van der Waals surface area contributed by atoms with Gasteiger partial charge in [-0.05, 0) is 43.0 Å². The predicted octanol–water partition coefficient (Wildman–Crippen LogP) is 3.42. The Morgan fingerprint density at radius 3 is 1.80 bits per heavy atom. The van der Waals surface area contributed by atoms with Gasteiger partial charge in [-0.2, -0.15) is 0 Å². The lowest BCUT2D eigenvalue weighted by atomic mass is 9.83. The van der Waals surface area contributed by atoms with E-state index in [4.69, 9.17) is 0 Å². The maximum atomic E-state index is 12.7. The first-order valence-electron chi connectivity index (χ1n) is 10.3. The van der Waals surface area contributed by atoms with Crippen molar-refractivity contribution in [1.29, 1.82) is 0 Å². The first kappa shape index (κ1) is 21.4. The van der Waals surface area contributed by atoms with Crippen LogP contribution in [-0.2, 0) is 0 Å². The third kappa shape index (κ3) is 5.63. The van der Waals surface area contributed by atoms with Crippen LogP contribution >= 0.6 is 0 Å². The zero-order chi connectivity index (χ0) is 21.3. The molecule has 0 radical (unpaired) electrons. The molecule has 1 atom stereocenters. The van der Waals surface area contributed by atoms with E-state index in [9.17, 15) is 19.2 Å². The van der Waals surface area contributed by atoms with Crippen molar-refractivity contribution in [3.63, 3.8) is 0 Å². The van der Waals surface area contributed by atoms with Crippen LogP contribution < -0.4 is 10.6 Å². The van der Waals surface area contributed by atoms with E-state index in [0.29, 0.717) is 34.7 Å². The van der Waals surface area contributed by atoms with Gasteiger partial charge in [0.1, 0.15) is 12.6 Å². The van der Waals surface area contributed by atoms with Crippen LogP contribution in [0.3, 0.4) is 0 Å². The summed E-state index contributed by atoms with van der Waals surface area (Å²) in [4.78, 5) is 46.8. The smallest absolute Gasteiger partial charge is 0.251 e. The number of aldehydes is 2. The highest BCUT2D eigenvalue weighted by Gasteiger charge is 2.26. The largest absolute Gasteiger partial charge is 0.350 e. The fraction of sp³-hybridized carbons (Fsp3) is 0.333. The number of hydrogen-bond donors (Lipinski definition) is 2. The minimum atomic E-state index is -0.238. The molecule has 0 heterocycles. The summed E-state index contributed by atoms with van der Waals surface area (Å²) in [5, 5.41) is 6.00. The summed E-state index contributed by atoms with van der Waals surface area (Å²) < 4.78 is 0. The van der Waals surface area contributed by atoms with Crippen LogP contribution in [-0.4, -0.2) is 37.0 Å². The molecule has 2 aromatic rings. The molecule has 6 nitrogen and oxygen atoms in total. The van der Waals surface area contributed by atoms with Crippen LogP contribution in [0.25, 0.3) is 0 Å². The van der Waals surface area contributed by atoms with E-state index in [-0.39, 0.29) is 17.9 Å². The van der Waals surface area contributed by atoms with Crippen molar-refractivity contribution >= 4 is 24.4 Å². The molecule has 156 valence electrons. The molecule has 0 saturated heterocycles. The van der Waals surface area contributed by atoms with Gasteiger partial charge in [-0.25, -0.2) is 0 Å². The molecule has 0 aromatic heterocycles. The quantitative estimate of drug-likeness (QED) is 0.657. The third-order valence-corrected chi connectivity index (χ3v) is 5.64. The van der Waals surface area contributed by atoms with Crippen molar-refractivity contribution < 1.29 is 19.2 Å². The van der Waals surface area contributed by atoms with Gasteiger partial charge in [0.05, 0.1) is 0 Å². The molecule has 1 unspecified atom stereocenters. The van der Waals surface area contributed by atoms with Crippen LogP contribution in [0.1, 0.15) is 73.5 Å². The van der Waals surface area contributed by atoms with Crippen molar-refractivity contribution in [2.45, 2.75) is 38.1 Å². The summed E-state index contributed by atoms with van der Waals surface area (Å²) in [7, 11) is 0. The van der Waals surface area contributed by atoms with Crippen molar-refractivity contribution in [2.24, 2.45) is 5.92 Å². The zero-order valence-electron chi connectivity index (χ0n) is 16.8.